The molecule has 0 unspecified atom stereocenters. The summed E-state index contributed by atoms with van der Waals surface area (Å²) < 4.78 is 81.6. The summed E-state index contributed by atoms with van der Waals surface area (Å²) in [6.07, 6.45) is 2.67. The minimum Gasteiger partial charge on any atom is -0.455 e. The molecule has 64 heavy (non-hydrogen) atoms. The number of pyridine rings is 1. The fourth-order valence-electron chi connectivity index (χ4n) is 8.49. The molecule has 2 fully saturated rings. The summed E-state index contributed by atoms with van der Waals surface area (Å²) in [5.74, 6) is -0.671. The Morgan fingerprint density at radius 1 is 1.08 bits per heavy atom. The zero-order valence-corrected chi connectivity index (χ0v) is 36.7. The number of carbonyl (C=O) groups excluding carboxylic acids is 1. The van der Waals surface area contributed by atoms with E-state index in [2.05, 4.69) is 43.7 Å². The number of nitrogens with one attached hydrogen (secondary N) is 3. The summed E-state index contributed by atoms with van der Waals surface area (Å²) in [5, 5.41) is 15.8. The lowest BCUT2D eigenvalue weighted by Gasteiger charge is -2.39. The van der Waals surface area contributed by atoms with Gasteiger partial charge in [0, 0.05) is 80.3 Å². The Morgan fingerprint density at radius 3 is 2.59 bits per heavy atom. The van der Waals surface area contributed by atoms with Crippen molar-refractivity contribution in [3.63, 3.8) is 0 Å². The number of sulfonamides is 1. The first-order chi connectivity index (χ1) is 30.4. The van der Waals surface area contributed by atoms with Crippen molar-refractivity contribution < 1.29 is 40.8 Å². The first kappa shape index (κ1) is 44.9. The number of aromatic nitrogens is 2. The predicted molar refractivity (Wildman–Crippen MR) is 237 cm³/mol. The number of hydrogen-bond acceptors (Lipinski definition) is 11. The molecule has 8 rings (SSSR count). The molecule has 2 aromatic heterocycles. The lowest BCUT2D eigenvalue weighted by atomic mass is 9.72. The number of carbonyl (C=O) groups is 1. The van der Waals surface area contributed by atoms with Gasteiger partial charge >= 0.3 is 6.18 Å². The molecule has 4 heterocycles. The quantitative estimate of drug-likeness (QED) is 0.0759. The number of allylic oxidation sites excluding steroid dienone is 1. The van der Waals surface area contributed by atoms with Crippen LogP contribution in [0.1, 0.15) is 67.4 Å². The Labute approximate surface area is 373 Å². The molecule has 0 radical (unpaired) electrons. The summed E-state index contributed by atoms with van der Waals surface area (Å²) in [4.78, 5) is 36.6. The van der Waals surface area contributed by atoms with Gasteiger partial charge in [0.1, 0.15) is 22.8 Å². The molecule has 2 saturated heterocycles. The number of nitro benzene ring substituents is 1. The number of fused-ring (bicyclic) bond motifs is 1. The Morgan fingerprint density at radius 2 is 1.88 bits per heavy atom. The SMILES string of the molecule is CC1(C)CCC(CN2CCN(c3ccc(C(=O)NS(=O)(=O)c4ccc(NC[C@H]5CCCO5)c([N+](=O)[O-])c4)c(Oc4cnc5[nH]ccc5c4)c3)CC2)=C(c2ccc(C(F)(F)F)cc2Cl)C1. The first-order valence-electron chi connectivity index (χ1n) is 20.9. The van der Waals surface area contributed by atoms with Crippen LogP contribution in [-0.2, 0) is 20.9 Å². The smallest absolute Gasteiger partial charge is 0.416 e. The van der Waals surface area contributed by atoms with Crippen molar-refractivity contribution in [3.8, 4) is 11.5 Å². The van der Waals surface area contributed by atoms with E-state index in [1.165, 1.54) is 30.5 Å². The van der Waals surface area contributed by atoms with Crippen LogP contribution >= 0.6 is 11.6 Å². The number of benzene rings is 3. The topological polar surface area (TPSA) is 172 Å². The van der Waals surface area contributed by atoms with Crippen LogP contribution in [0.25, 0.3) is 16.6 Å². The number of H-pyrrole nitrogens is 1. The van der Waals surface area contributed by atoms with Crippen molar-refractivity contribution in [2.24, 2.45) is 5.41 Å². The summed E-state index contributed by atoms with van der Waals surface area (Å²) in [6, 6.07) is 15.3. The maximum atomic E-state index is 13.9. The largest absolute Gasteiger partial charge is 0.455 e. The normalized spacial score (nSPS) is 18.3. The van der Waals surface area contributed by atoms with Crippen molar-refractivity contribution in [3.05, 3.63) is 117 Å². The van der Waals surface area contributed by atoms with Crippen LogP contribution in [-0.4, -0.2) is 86.1 Å². The maximum absolute atomic E-state index is 13.9. The molecular formula is C45H47ClF3N7O7S. The fraction of sp³-hybridized carbons (Fsp3) is 0.378. The maximum Gasteiger partial charge on any atom is 0.416 e. The number of aromatic amines is 1. The van der Waals surface area contributed by atoms with E-state index < -0.39 is 43.2 Å². The number of rotatable bonds is 13. The molecule has 0 spiro atoms. The molecule has 0 saturated carbocycles. The molecule has 5 aromatic rings. The highest BCUT2D eigenvalue weighted by Gasteiger charge is 2.34. The van der Waals surface area contributed by atoms with Crippen molar-refractivity contribution in [1.82, 2.24) is 19.6 Å². The van der Waals surface area contributed by atoms with Crippen LogP contribution in [0, 0.1) is 15.5 Å². The van der Waals surface area contributed by atoms with Crippen LogP contribution < -0.4 is 19.7 Å². The number of nitro groups is 1. The van der Waals surface area contributed by atoms with E-state index in [1.54, 1.807) is 30.5 Å². The summed E-state index contributed by atoms with van der Waals surface area (Å²) in [5.41, 5.74) is 2.80. The minimum absolute atomic E-state index is 0.0472. The van der Waals surface area contributed by atoms with Crippen LogP contribution in [0.3, 0.4) is 0 Å². The number of hydrogen-bond donors (Lipinski definition) is 3. The molecule has 19 heteroatoms. The van der Waals surface area contributed by atoms with Gasteiger partial charge in [-0.15, -0.1) is 0 Å². The van der Waals surface area contributed by atoms with Crippen LogP contribution in [0.2, 0.25) is 5.02 Å². The highest BCUT2D eigenvalue weighted by atomic mass is 35.5. The summed E-state index contributed by atoms with van der Waals surface area (Å²) in [6.45, 7) is 8.33. The van der Waals surface area contributed by atoms with Gasteiger partial charge in [0.2, 0.25) is 0 Å². The highest BCUT2D eigenvalue weighted by Crippen LogP contribution is 2.46. The van der Waals surface area contributed by atoms with Crippen LogP contribution in [0.15, 0.2) is 89.6 Å². The van der Waals surface area contributed by atoms with Crippen molar-refractivity contribution in [2.45, 2.75) is 63.1 Å². The molecule has 14 nitrogen and oxygen atoms in total. The molecule has 3 aliphatic rings. The standard InChI is InChI=1S/C45H47ClF3N7O7S/c1-44(2)13-11-29(37(24-44)35-8-5-30(21-38(35)46)45(47,48)49)27-54-15-17-55(18-16-54)31-6-9-36(41(22-31)63-33-20-28-12-14-50-42(28)52-26-33)43(57)53-64(60,61)34-7-10-39(40(23-34)56(58)59)51-25-32-4-3-19-62-32/h5-10,12,14,20-23,26,32,51H,3-4,11,13,15-19,24-25,27H2,1-2H3,(H,50,52)(H,53,57)/t32-/m1/s1. The second kappa shape index (κ2) is 18.1. The van der Waals surface area contributed by atoms with E-state index in [0.29, 0.717) is 74.9 Å². The second-order valence-corrected chi connectivity index (χ2v) is 19.2. The number of nitrogens with zero attached hydrogens (tertiary/aromatic N) is 4. The molecule has 0 bridgehead atoms. The summed E-state index contributed by atoms with van der Waals surface area (Å²) >= 11 is 6.53. The molecule has 2 aliphatic heterocycles. The van der Waals surface area contributed by atoms with E-state index in [0.717, 1.165) is 60.4 Å². The molecule has 3 aromatic carbocycles. The zero-order chi connectivity index (χ0) is 45.4. The highest BCUT2D eigenvalue weighted by molar-refractivity contribution is 7.90. The lowest BCUT2D eigenvalue weighted by molar-refractivity contribution is -0.384. The van der Waals surface area contributed by atoms with E-state index in [4.69, 9.17) is 21.1 Å². The predicted octanol–water partition coefficient (Wildman–Crippen LogP) is 9.43. The van der Waals surface area contributed by atoms with Gasteiger partial charge in [0.15, 0.2) is 0 Å². The monoisotopic (exact) mass is 921 g/mol. The third-order valence-electron chi connectivity index (χ3n) is 12.0. The van der Waals surface area contributed by atoms with E-state index in [1.807, 2.05) is 0 Å². The average Bonchev–Trinajstić information content (AvgIpc) is 3.96. The summed E-state index contributed by atoms with van der Waals surface area (Å²) in [7, 11) is -4.61. The average molecular weight is 922 g/mol. The van der Waals surface area contributed by atoms with Gasteiger partial charge in [0.25, 0.3) is 21.6 Å². The van der Waals surface area contributed by atoms with Gasteiger partial charge in [-0.1, -0.05) is 37.1 Å². The number of amides is 1. The molecule has 1 atom stereocenters. The minimum atomic E-state index is -4.61. The zero-order valence-electron chi connectivity index (χ0n) is 35.1. The van der Waals surface area contributed by atoms with Gasteiger partial charge in [-0.05, 0) is 97.2 Å². The molecule has 1 aliphatic carbocycles. The number of anilines is 2. The molecule has 338 valence electrons. The van der Waals surface area contributed by atoms with Gasteiger partial charge in [-0.25, -0.2) is 18.1 Å². The first-order valence-corrected chi connectivity index (χ1v) is 22.8. The number of halogens is 4. The Kier molecular flexibility index (Phi) is 12.7. The lowest BCUT2D eigenvalue weighted by Crippen LogP contribution is -2.47. The molecular weight excluding hydrogens is 875 g/mol. The second-order valence-electron chi connectivity index (χ2n) is 17.1. The Bertz CT molecular complexity index is 2730. The van der Waals surface area contributed by atoms with E-state index in [9.17, 15) is 36.5 Å². The van der Waals surface area contributed by atoms with Crippen LogP contribution in [0.5, 0.6) is 11.5 Å². The molecule has 1 amide bonds. The Hall–Kier alpha value is -5.69. The third-order valence-corrected chi connectivity index (χ3v) is 13.7. The van der Waals surface area contributed by atoms with Crippen molar-refractivity contribution in [2.75, 3.05) is 56.1 Å². The number of piperazine rings is 1. The van der Waals surface area contributed by atoms with E-state index >= 15 is 0 Å². The van der Waals surface area contributed by atoms with Gasteiger partial charge in [-0.2, -0.15) is 13.2 Å². The van der Waals surface area contributed by atoms with Gasteiger partial charge < -0.3 is 24.7 Å². The number of ether oxygens (including phenoxy) is 2. The molecule has 3 N–H and O–H groups in total. The van der Waals surface area contributed by atoms with E-state index in [-0.39, 0.29) is 33.5 Å². The number of alkyl halides is 3. The van der Waals surface area contributed by atoms with Crippen LogP contribution in [0.4, 0.5) is 30.2 Å². The van der Waals surface area contributed by atoms with Crippen molar-refractivity contribution >= 4 is 61.2 Å². The van der Waals surface area contributed by atoms with Gasteiger partial charge in [0.05, 0.1) is 33.2 Å². The third kappa shape index (κ3) is 10.1. The van der Waals surface area contributed by atoms with Gasteiger partial charge in [-0.3, -0.25) is 19.8 Å². The van der Waals surface area contributed by atoms with Crippen molar-refractivity contribution in [1.29, 1.82) is 0 Å². The fourth-order valence-corrected chi connectivity index (χ4v) is 9.77. The Balaban J connectivity index is 1.01.